The Morgan fingerprint density at radius 2 is 0.923 bits per heavy atom. The van der Waals surface area contributed by atoms with Gasteiger partial charge in [0.25, 0.3) is 0 Å². The first-order chi connectivity index (χ1) is 12.5. The molecule has 1 aromatic rings. The molecule has 8 nitrogen and oxygen atoms in total. The maximum absolute atomic E-state index is 11.8. The number of rotatable bonds is 10. The molecule has 1 aromatic carbocycles. The van der Waals surface area contributed by atoms with E-state index in [2.05, 4.69) is 25.3 Å². The summed E-state index contributed by atoms with van der Waals surface area (Å²) >= 11 is 7.47. The van der Waals surface area contributed by atoms with Gasteiger partial charge in [-0.1, -0.05) is 0 Å². The van der Waals surface area contributed by atoms with Crippen molar-refractivity contribution in [3.63, 3.8) is 0 Å². The average Bonchev–Trinajstić information content (AvgIpc) is 2.67. The largest absolute Gasteiger partial charge is 0.461 e. The molecular formula is C16H18O8S2. The van der Waals surface area contributed by atoms with E-state index in [0.717, 1.165) is 0 Å². The highest BCUT2D eigenvalue weighted by molar-refractivity contribution is 7.81. The lowest BCUT2D eigenvalue weighted by molar-refractivity contribution is -0.142. The molecule has 0 aliphatic rings. The normalized spacial score (nSPS) is 9.92. The molecule has 0 heterocycles. The van der Waals surface area contributed by atoms with Crippen LogP contribution in [0.5, 0.6) is 0 Å². The van der Waals surface area contributed by atoms with Gasteiger partial charge in [0.2, 0.25) is 0 Å². The molecule has 1 rings (SSSR count). The number of thiol groups is 2. The van der Waals surface area contributed by atoms with Gasteiger partial charge in [-0.3, -0.25) is 9.59 Å². The number of carbonyl (C=O) groups excluding carboxylic acids is 4. The maximum Gasteiger partial charge on any atom is 0.338 e. The maximum atomic E-state index is 11.8. The summed E-state index contributed by atoms with van der Waals surface area (Å²) in [6.07, 6.45) is 0. The molecule has 0 aromatic heterocycles. The van der Waals surface area contributed by atoms with Gasteiger partial charge in [-0.05, 0) is 24.3 Å². The molecule has 0 saturated carbocycles. The van der Waals surface area contributed by atoms with Crippen molar-refractivity contribution in [2.45, 2.75) is 0 Å². The Kier molecular flexibility index (Phi) is 10.3. The van der Waals surface area contributed by atoms with Crippen molar-refractivity contribution in [2.75, 3.05) is 37.9 Å². The third-order valence-electron chi connectivity index (χ3n) is 2.77. The fraction of sp³-hybridized carbons (Fsp3) is 0.375. The number of ether oxygens (including phenoxy) is 4. The summed E-state index contributed by atoms with van der Waals surface area (Å²) in [6, 6.07) is 5.61. The lowest BCUT2D eigenvalue weighted by Crippen LogP contribution is -2.15. The van der Waals surface area contributed by atoms with Crippen LogP contribution in [-0.2, 0) is 28.5 Å². The van der Waals surface area contributed by atoms with Crippen LogP contribution in [0.2, 0.25) is 0 Å². The number of carbonyl (C=O) groups is 4. The van der Waals surface area contributed by atoms with Crippen molar-refractivity contribution in [2.24, 2.45) is 0 Å². The lowest BCUT2D eigenvalue weighted by Gasteiger charge is -2.07. The van der Waals surface area contributed by atoms with Gasteiger partial charge in [0, 0.05) is 0 Å². The van der Waals surface area contributed by atoms with Crippen molar-refractivity contribution in [3.05, 3.63) is 35.4 Å². The van der Waals surface area contributed by atoms with Crippen LogP contribution in [0.1, 0.15) is 20.7 Å². The van der Waals surface area contributed by atoms with Gasteiger partial charge in [0.1, 0.15) is 26.4 Å². The van der Waals surface area contributed by atoms with E-state index >= 15 is 0 Å². The van der Waals surface area contributed by atoms with E-state index in [1.807, 2.05) is 0 Å². The van der Waals surface area contributed by atoms with Crippen molar-refractivity contribution in [3.8, 4) is 0 Å². The van der Waals surface area contributed by atoms with Gasteiger partial charge in [-0.15, -0.1) is 0 Å². The quantitative estimate of drug-likeness (QED) is 0.258. The molecular weight excluding hydrogens is 384 g/mol. The molecule has 142 valence electrons. The van der Waals surface area contributed by atoms with Crippen LogP contribution in [0.25, 0.3) is 0 Å². The third kappa shape index (κ3) is 8.26. The Balaban J connectivity index is 2.37. The summed E-state index contributed by atoms with van der Waals surface area (Å²) in [5.41, 5.74) is 0.453. The van der Waals surface area contributed by atoms with Crippen molar-refractivity contribution >= 4 is 49.1 Å². The van der Waals surface area contributed by atoms with E-state index in [4.69, 9.17) is 18.9 Å². The van der Waals surface area contributed by atoms with Crippen LogP contribution in [-0.4, -0.2) is 61.8 Å². The molecule has 0 atom stereocenters. The molecule has 0 aliphatic carbocycles. The molecule has 0 bridgehead atoms. The second kappa shape index (κ2) is 12.2. The molecule has 0 amide bonds. The Bertz CT molecular complexity index is 575. The van der Waals surface area contributed by atoms with E-state index in [1.165, 1.54) is 24.3 Å². The van der Waals surface area contributed by atoms with Gasteiger partial charge in [0.15, 0.2) is 0 Å². The second-order valence-electron chi connectivity index (χ2n) is 4.61. The predicted molar refractivity (Wildman–Crippen MR) is 96.6 cm³/mol. The van der Waals surface area contributed by atoms with Crippen LogP contribution in [0.15, 0.2) is 24.3 Å². The molecule has 0 N–H and O–H groups in total. The molecule has 0 spiro atoms. The van der Waals surface area contributed by atoms with Crippen LogP contribution >= 0.6 is 25.3 Å². The monoisotopic (exact) mass is 402 g/mol. The van der Waals surface area contributed by atoms with E-state index in [1.54, 1.807) is 0 Å². The first kappa shape index (κ1) is 21.8. The van der Waals surface area contributed by atoms with Gasteiger partial charge in [-0.25, -0.2) is 9.59 Å². The zero-order valence-electron chi connectivity index (χ0n) is 13.7. The SMILES string of the molecule is O=C(CS)OCCOC(=O)c1ccc(C(=O)OCCOC(=O)CS)cc1. The third-order valence-corrected chi connectivity index (χ3v) is 3.29. The second-order valence-corrected chi connectivity index (χ2v) is 5.24. The van der Waals surface area contributed by atoms with Crippen LogP contribution < -0.4 is 0 Å². The van der Waals surface area contributed by atoms with Crippen LogP contribution in [0, 0.1) is 0 Å². The summed E-state index contributed by atoms with van der Waals surface area (Å²) in [4.78, 5) is 45.3. The highest BCUT2D eigenvalue weighted by Gasteiger charge is 2.11. The van der Waals surface area contributed by atoms with Gasteiger partial charge in [0.05, 0.1) is 22.6 Å². The van der Waals surface area contributed by atoms with E-state index in [9.17, 15) is 19.2 Å². The number of hydrogen-bond acceptors (Lipinski definition) is 10. The minimum atomic E-state index is -0.620. The topological polar surface area (TPSA) is 105 Å². The van der Waals surface area contributed by atoms with Crippen molar-refractivity contribution in [1.82, 2.24) is 0 Å². The zero-order chi connectivity index (χ0) is 19.4. The minimum Gasteiger partial charge on any atom is -0.461 e. The first-order valence-corrected chi connectivity index (χ1v) is 8.71. The molecule has 0 aliphatic heterocycles. The summed E-state index contributed by atoms with van der Waals surface area (Å²) < 4.78 is 19.3. The predicted octanol–water partition coefficient (Wildman–Crippen LogP) is 0.946. The highest BCUT2D eigenvalue weighted by Crippen LogP contribution is 2.07. The van der Waals surface area contributed by atoms with Crippen molar-refractivity contribution in [1.29, 1.82) is 0 Å². The smallest absolute Gasteiger partial charge is 0.338 e. The summed E-state index contributed by atoms with van der Waals surface area (Å²) in [6.45, 7) is -0.305. The summed E-state index contributed by atoms with van der Waals surface area (Å²) in [5, 5.41) is 0. The van der Waals surface area contributed by atoms with Gasteiger partial charge < -0.3 is 18.9 Å². The van der Waals surface area contributed by atoms with E-state index < -0.39 is 23.9 Å². The van der Waals surface area contributed by atoms with Crippen LogP contribution in [0.3, 0.4) is 0 Å². The zero-order valence-corrected chi connectivity index (χ0v) is 15.5. The fourth-order valence-electron chi connectivity index (χ4n) is 1.58. The fourth-order valence-corrected chi connectivity index (χ4v) is 1.76. The summed E-state index contributed by atoms with van der Waals surface area (Å²) in [5.74, 6) is -2.36. The Labute approximate surface area is 160 Å². The number of benzene rings is 1. The minimum absolute atomic E-state index is 0.0524. The first-order valence-electron chi connectivity index (χ1n) is 7.45. The molecule has 0 unspecified atom stereocenters. The van der Waals surface area contributed by atoms with E-state index in [-0.39, 0.29) is 49.1 Å². The standard InChI is InChI=1S/C16H18O8S2/c17-13(9-25)21-5-7-23-15(19)11-1-2-12(4-3-11)16(20)24-8-6-22-14(18)10-26/h1-4,25-26H,5-10H2. The summed E-state index contributed by atoms with van der Waals surface area (Å²) in [7, 11) is 0. The van der Waals surface area contributed by atoms with Crippen LogP contribution in [0.4, 0.5) is 0 Å². The molecule has 10 heteroatoms. The number of esters is 4. The molecule has 0 fully saturated rings. The van der Waals surface area contributed by atoms with E-state index in [0.29, 0.717) is 0 Å². The molecule has 0 saturated heterocycles. The van der Waals surface area contributed by atoms with Gasteiger partial charge in [-0.2, -0.15) is 25.3 Å². The highest BCUT2D eigenvalue weighted by atomic mass is 32.1. The van der Waals surface area contributed by atoms with Crippen molar-refractivity contribution < 1.29 is 38.1 Å². The lowest BCUT2D eigenvalue weighted by atomic mass is 10.1. The molecule has 0 radical (unpaired) electrons. The Hall–Kier alpha value is -2.20. The number of hydrogen-bond donors (Lipinski definition) is 2. The average molecular weight is 402 g/mol. The molecule has 26 heavy (non-hydrogen) atoms. The van der Waals surface area contributed by atoms with Gasteiger partial charge >= 0.3 is 23.9 Å². The Morgan fingerprint density at radius 3 is 1.23 bits per heavy atom. The Morgan fingerprint density at radius 1 is 0.615 bits per heavy atom.